The molecule has 3 N–H and O–H groups in total. The summed E-state index contributed by atoms with van der Waals surface area (Å²) in [6, 6.07) is -0.597. The van der Waals surface area contributed by atoms with Crippen molar-refractivity contribution in [1.29, 1.82) is 0 Å². The highest BCUT2D eigenvalue weighted by atomic mass is 19.3. The molecule has 0 aromatic carbocycles. The average molecular weight is 304 g/mol. The van der Waals surface area contributed by atoms with E-state index in [2.05, 4.69) is 10.6 Å². The molecule has 0 saturated heterocycles. The van der Waals surface area contributed by atoms with E-state index in [4.69, 9.17) is 0 Å². The summed E-state index contributed by atoms with van der Waals surface area (Å²) in [5, 5.41) is 14.6. The molecule has 5 nitrogen and oxygen atoms in total. The zero-order valence-electron chi connectivity index (χ0n) is 12.1. The second-order valence-electron chi connectivity index (χ2n) is 6.04. The van der Waals surface area contributed by atoms with Crippen LogP contribution >= 0.6 is 0 Å². The molecule has 2 saturated carbocycles. The Bertz CT molecular complexity index is 424. The number of hydrogen-bond acceptors (Lipinski definition) is 3. The summed E-state index contributed by atoms with van der Waals surface area (Å²) in [5.74, 6) is -6.01. The maximum absolute atomic E-state index is 14.0. The molecule has 2 unspecified atom stereocenters. The fourth-order valence-electron chi connectivity index (χ4n) is 3.10. The molecule has 2 atom stereocenters. The Morgan fingerprint density at radius 2 is 1.81 bits per heavy atom. The molecule has 0 heterocycles. The smallest absolute Gasteiger partial charge is 0.352 e. The number of hydrogen-bond donors (Lipinski definition) is 3. The van der Waals surface area contributed by atoms with Gasteiger partial charge in [0, 0.05) is 13.1 Å². The molecule has 2 rings (SSSR count). The van der Waals surface area contributed by atoms with E-state index in [1.807, 2.05) is 0 Å². The van der Waals surface area contributed by atoms with Gasteiger partial charge in [0.15, 0.2) is 0 Å². The molecule has 0 spiro atoms. The first-order chi connectivity index (χ1) is 9.82. The number of halogens is 2. The Labute approximate surface area is 122 Å². The van der Waals surface area contributed by atoms with Crippen LogP contribution in [0.5, 0.6) is 0 Å². The van der Waals surface area contributed by atoms with Crippen molar-refractivity contribution in [2.45, 2.75) is 62.5 Å². The topological polar surface area (TPSA) is 78.4 Å². The van der Waals surface area contributed by atoms with Crippen molar-refractivity contribution in [2.24, 2.45) is 5.92 Å². The summed E-state index contributed by atoms with van der Waals surface area (Å²) < 4.78 is 28.1. The molecule has 120 valence electrons. The van der Waals surface area contributed by atoms with Gasteiger partial charge in [-0.25, -0.2) is 0 Å². The Morgan fingerprint density at radius 3 is 2.33 bits per heavy atom. The number of carbonyl (C=O) groups is 2. The van der Waals surface area contributed by atoms with Gasteiger partial charge in [0.25, 0.3) is 5.91 Å². The Morgan fingerprint density at radius 1 is 1.19 bits per heavy atom. The molecule has 0 aliphatic heterocycles. The molecule has 2 aliphatic carbocycles. The highest BCUT2D eigenvalue weighted by Crippen LogP contribution is 2.44. The maximum atomic E-state index is 14.0. The summed E-state index contributed by atoms with van der Waals surface area (Å²) in [4.78, 5) is 23.6. The first-order valence-electron chi connectivity index (χ1n) is 7.44. The lowest BCUT2D eigenvalue weighted by Gasteiger charge is -2.42. The van der Waals surface area contributed by atoms with Crippen molar-refractivity contribution in [3.05, 3.63) is 0 Å². The van der Waals surface area contributed by atoms with Crippen LogP contribution < -0.4 is 10.6 Å². The van der Waals surface area contributed by atoms with Crippen LogP contribution in [0.1, 0.15) is 44.9 Å². The third-order valence-electron chi connectivity index (χ3n) is 4.72. The summed E-state index contributed by atoms with van der Waals surface area (Å²) in [5.41, 5.74) is -2.23. The van der Waals surface area contributed by atoms with E-state index in [1.54, 1.807) is 0 Å². The number of nitrogens with one attached hydrogen (secondary N) is 2. The van der Waals surface area contributed by atoms with Crippen molar-refractivity contribution < 1.29 is 23.5 Å². The quantitative estimate of drug-likeness (QED) is 0.724. The van der Waals surface area contributed by atoms with Crippen LogP contribution in [0.15, 0.2) is 0 Å². The van der Waals surface area contributed by atoms with Gasteiger partial charge >= 0.3 is 5.92 Å². The Kier molecular flexibility index (Phi) is 4.51. The van der Waals surface area contributed by atoms with Gasteiger partial charge in [-0.3, -0.25) is 9.59 Å². The number of aliphatic hydroxyl groups is 1. The highest BCUT2D eigenvalue weighted by molar-refractivity contribution is 5.86. The second-order valence-corrected chi connectivity index (χ2v) is 6.04. The molecule has 2 aliphatic rings. The standard InChI is InChI=1S/C14H22F2N2O3/c1-17-11(19)9-5-2-3-6-10(9)18-12(20)14(15,16)13(21)7-4-8-13/h9-10,21H,2-8H2,1H3,(H,17,19)(H,18,20). The molecule has 0 radical (unpaired) electrons. The zero-order valence-corrected chi connectivity index (χ0v) is 12.1. The van der Waals surface area contributed by atoms with Gasteiger partial charge in [0.2, 0.25) is 5.91 Å². The zero-order chi connectivity index (χ0) is 15.7. The predicted octanol–water partition coefficient (Wildman–Crippen LogP) is 0.958. The largest absolute Gasteiger partial charge is 0.383 e. The van der Waals surface area contributed by atoms with Crippen LogP contribution in [0, 0.1) is 5.92 Å². The Balaban J connectivity index is 2.04. The SMILES string of the molecule is CNC(=O)C1CCCCC1NC(=O)C(F)(F)C1(O)CCC1. The second kappa shape index (κ2) is 5.87. The van der Waals surface area contributed by atoms with Gasteiger partial charge in [0.05, 0.1) is 5.92 Å². The van der Waals surface area contributed by atoms with Gasteiger partial charge in [-0.15, -0.1) is 0 Å². The van der Waals surface area contributed by atoms with E-state index < -0.39 is 29.4 Å². The highest BCUT2D eigenvalue weighted by Gasteiger charge is 2.61. The van der Waals surface area contributed by atoms with Crippen LogP contribution in [0.2, 0.25) is 0 Å². The molecule has 7 heteroatoms. The monoisotopic (exact) mass is 304 g/mol. The number of alkyl halides is 2. The van der Waals surface area contributed by atoms with Crippen LogP contribution in [0.3, 0.4) is 0 Å². The van der Waals surface area contributed by atoms with Gasteiger partial charge in [-0.05, 0) is 32.1 Å². The third-order valence-corrected chi connectivity index (χ3v) is 4.72. The van der Waals surface area contributed by atoms with Gasteiger partial charge in [-0.1, -0.05) is 12.8 Å². The minimum atomic E-state index is -3.81. The van der Waals surface area contributed by atoms with E-state index >= 15 is 0 Å². The molecule has 2 fully saturated rings. The third kappa shape index (κ3) is 2.88. The van der Waals surface area contributed by atoms with Crippen LogP contribution in [-0.2, 0) is 9.59 Å². The summed E-state index contributed by atoms with van der Waals surface area (Å²) in [6.07, 6.45) is 3.04. The van der Waals surface area contributed by atoms with Gasteiger partial charge in [0.1, 0.15) is 5.60 Å². The van der Waals surface area contributed by atoms with Crippen molar-refractivity contribution >= 4 is 11.8 Å². The number of carbonyl (C=O) groups excluding carboxylic acids is 2. The lowest BCUT2D eigenvalue weighted by Crippen LogP contribution is -2.63. The van der Waals surface area contributed by atoms with Gasteiger partial charge in [-0.2, -0.15) is 8.78 Å². The van der Waals surface area contributed by atoms with Crippen molar-refractivity contribution in [3.63, 3.8) is 0 Å². The maximum Gasteiger partial charge on any atom is 0.352 e. The van der Waals surface area contributed by atoms with E-state index in [9.17, 15) is 23.5 Å². The van der Waals surface area contributed by atoms with E-state index in [0.717, 1.165) is 12.8 Å². The van der Waals surface area contributed by atoms with Crippen molar-refractivity contribution in [2.75, 3.05) is 7.05 Å². The molecule has 0 bridgehead atoms. The first kappa shape index (κ1) is 16.1. The van der Waals surface area contributed by atoms with Crippen LogP contribution in [0.25, 0.3) is 0 Å². The summed E-state index contributed by atoms with van der Waals surface area (Å²) in [6.45, 7) is 0. The van der Waals surface area contributed by atoms with E-state index in [1.165, 1.54) is 7.05 Å². The Hall–Kier alpha value is -1.24. The molecule has 2 amide bonds. The average Bonchev–Trinajstić information content (AvgIpc) is 2.44. The molecule has 0 aromatic heterocycles. The lowest BCUT2D eigenvalue weighted by molar-refractivity contribution is -0.216. The number of rotatable bonds is 4. The van der Waals surface area contributed by atoms with Crippen molar-refractivity contribution in [3.8, 4) is 0 Å². The molecular weight excluding hydrogens is 282 g/mol. The molecule has 21 heavy (non-hydrogen) atoms. The summed E-state index contributed by atoms with van der Waals surface area (Å²) in [7, 11) is 1.49. The van der Waals surface area contributed by atoms with Gasteiger partial charge < -0.3 is 15.7 Å². The minimum absolute atomic E-state index is 0.0725. The molecule has 0 aromatic rings. The normalized spacial score (nSPS) is 28.4. The van der Waals surface area contributed by atoms with E-state index in [-0.39, 0.29) is 18.7 Å². The van der Waals surface area contributed by atoms with E-state index in [0.29, 0.717) is 19.3 Å². The summed E-state index contributed by atoms with van der Waals surface area (Å²) >= 11 is 0. The van der Waals surface area contributed by atoms with Crippen LogP contribution in [0.4, 0.5) is 8.78 Å². The fourth-order valence-corrected chi connectivity index (χ4v) is 3.10. The first-order valence-corrected chi connectivity index (χ1v) is 7.44. The predicted molar refractivity (Wildman–Crippen MR) is 71.7 cm³/mol. The minimum Gasteiger partial charge on any atom is -0.383 e. The van der Waals surface area contributed by atoms with Crippen molar-refractivity contribution in [1.82, 2.24) is 10.6 Å². The fraction of sp³-hybridized carbons (Fsp3) is 0.857. The molecular formula is C14H22F2N2O3. The van der Waals surface area contributed by atoms with Crippen LogP contribution in [-0.4, -0.2) is 41.5 Å². The number of amides is 2. The lowest BCUT2D eigenvalue weighted by atomic mass is 9.74.